The van der Waals surface area contributed by atoms with Gasteiger partial charge in [-0.25, -0.2) is 0 Å². The van der Waals surface area contributed by atoms with E-state index in [2.05, 4.69) is 9.72 Å². The Hall–Kier alpha value is -1.53. The SMILES string of the molecule is COC(=O)CC1CN(C(=O)c2cc(Cl)c[nH]2)CCO1. The van der Waals surface area contributed by atoms with Crippen LogP contribution < -0.4 is 0 Å². The van der Waals surface area contributed by atoms with Gasteiger partial charge in [-0.3, -0.25) is 9.59 Å². The number of esters is 1. The van der Waals surface area contributed by atoms with Crippen molar-refractivity contribution < 1.29 is 19.1 Å². The fourth-order valence-electron chi connectivity index (χ4n) is 1.96. The molecule has 2 heterocycles. The lowest BCUT2D eigenvalue weighted by atomic mass is 10.2. The fraction of sp³-hybridized carbons (Fsp3) is 0.500. The Balaban J connectivity index is 1.97. The summed E-state index contributed by atoms with van der Waals surface area (Å²) in [5.74, 6) is -0.493. The molecule has 0 bridgehead atoms. The van der Waals surface area contributed by atoms with Crippen LogP contribution in [-0.4, -0.2) is 54.7 Å². The van der Waals surface area contributed by atoms with Crippen molar-refractivity contribution in [3.63, 3.8) is 0 Å². The Morgan fingerprint density at radius 2 is 2.42 bits per heavy atom. The molecule has 1 unspecified atom stereocenters. The van der Waals surface area contributed by atoms with Crippen LogP contribution in [0.1, 0.15) is 16.9 Å². The van der Waals surface area contributed by atoms with Crippen molar-refractivity contribution >= 4 is 23.5 Å². The van der Waals surface area contributed by atoms with Crippen molar-refractivity contribution in [2.75, 3.05) is 26.8 Å². The van der Waals surface area contributed by atoms with Crippen LogP contribution in [0.3, 0.4) is 0 Å². The maximum absolute atomic E-state index is 12.2. The summed E-state index contributed by atoms with van der Waals surface area (Å²) in [5, 5.41) is 0.489. The lowest BCUT2D eigenvalue weighted by Crippen LogP contribution is -2.46. The summed E-state index contributed by atoms with van der Waals surface area (Å²) < 4.78 is 10.0. The summed E-state index contributed by atoms with van der Waals surface area (Å²) in [5.41, 5.74) is 0.434. The van der Waals surface area contributed by atoms with Gasteiger partial charge in [0.1, 0.15) is 5.69 Å². The van der Waals surface area contributed by atoms with Crippen LogP contribution in [0.2, 0.25) is 5.02 Å². The molecule has 2 rings (SSSR count). The van der Waals surface area contributed by atoms with Crippen molar-refractivity contribution in [2.24, 2.45) is 0 Å². The van der Waals surface area contributed by atoms with Gasteiger partial charge in [-0.1, -0.05) is 11.6 Å². The van der Waals surface area contributed by atoms with Crippen LogP contribution in [0, 0.1) is 0 Å². The first kappa shape index (κ1) is 13.9. The number of H-pyrrole nitrogens is 1. The van der Waals surface area contributed by atoms with Crippen molar-refractivity contribution in [1.29, 1.82) is 0 Å². The Labute approximate surface area is 115 Å². The van der Waals surface area contributed by atoms with Crippen LogP contribution in [0.15, 0.2) is 12.3 Å². The highest BCUT2D eigenvalue weighted by atomic mass is 35.5. The van der Waals surface area contributed by atoms with Crippen LogP contribution in [0.4, 0.5) is 0 Å². The molecule has 1 fully saturated rings. The third-order valence-electron chi connectivity index (χ3n) is 2.93. The van der Waals surface area contributed by atoms with Crippen molar-refractivity contribution in [1.82, 2.24) is 9.88 Å². The van der Waals surface area contributed by atoms with Gasteiger partial charge in [0.15, 0.2) is 0 Å². The second kappa shape index (κ2) is 6.08. The van der Waals surface area contributed by atoms with Gasteiger partial charge < -0.3 is 19.4 Å². The molecule has 1 saturated heterocycles. The first-order valence-corrected chi connectivity index (χ1v) is 6.29. The molecule has 1 aromatic rings. The van der Waals surface area contributed by atoms with Gasteiger partial charge in [-0.05, 0) is 6.07 Å². The lowest BCUT2D eigenvalue weighted by molar-refractivity contribution is -0.145. The summed E-state index contributed by atoms with van der Waals surface area (Å²) in [6.07, 6.45) is 1.38. The van der Waals surface area contributed by atoms with E-state index >= 15 is 0 Å². The summed E-state index contributed by atoms with van der Waals surface area (Å²) in [6.45, 7) is 1.26. The number of ether oxygens (including phenoxy) is 2. The summed E-state index contributed by atoms with van der Waals surface area (Å²) in [6, 6.07) is 1.58. The Bertz CT molecular complexity index is 474. The standard InChI is InChI=1S/C12H15ClN2O4/c1-18-11(16)5-9-7-15(2-3-19-9)12(17)10-4-8(13)6-14-10/h4,6,9,14H,2-3,5,7H2,1H3. The number of amides is 1. The third-order valence-corrected chi connectivity index (χ3v) is 3.14. The molecule has 1 aliphatic rings. The zero-order valence-corrected chi connectivity index (χ0v) is 11.3. The lowest BCUT2D eigenvalue weighted by Gasteiger charge is -2.32. The van der Waals surface area contributed by atoms with E-state index < -0.39 is 0 Å². The highest BCUT2D eigenvalue weighted by molar-refractivity contribution is 6.30. The Kier molecular flexibility index (Phi) is 4.44. The van der Waals surface area contributed by atoms with Crippen LogP contribution in [-0.2, 0) is 14.3 Å². The summed E-state index contributed by atoms with van der Waals surface area (Å²) in [7, 11) is 1.33. The zero-order valence-electron chi connectivity index (χ0n) is 10.5. The van der Waals surface area contributed by atoms with Crippen LogP contribution in [0.25, 0.3) is 0 Å². The van der Waals surface area contributed by atoms with Gasteiger partial charge in [0.05, 0.1) is 31.3 Å². The number of rotatable bonds is 3. The monoisotopic (exact) mass is 286 g/mol. The topological polar surface area (TPSA) is 71.6 Å². The van der Waals surface area contributed by atoms with Crippen LogP contribution >= 0.6 is 11.6 Å². The van der Waals surface area contributed by atoms with Crippen molar-refractivity contribution in [3.8, 4) is 0 Å². The maximum Gasteiger partial charge on any atom is 0.308 e. The number of aromatic nitrogens is 1. The Morgan fingerprint density at radius 3 is 3.05 bits per heavy atom. The Morgan fingerprint density at radius 1 is 1.63 bits per heavy atom. The van der Waals surface area contributed by atoms with Crippen molar-refractivity contribution in [2.45, 2.75) is 12.5 Å². The molecule has 0 saturated carbocycles. The van der Waals surface area contributed by atoms with E-state index in [1.807, 2.05) is 0 Å². The van der Waals surface area contributed by atoms with E-state index in [4.69, 9.17) is 16.3 Å². The number of methoxy groups -OCH3 is 1. The molecule has 19 heavy (non-hydrogen) atoms. The quantitative estimate of drug-likeness (QED) is 0.844. The molecule has 6 nitrogen and oxygen atoms in total. The number of aromatic amines is 1. The van der Waals surface area contributed by atoms with Crippen LogP contribution in [0.5, 0.6) is 0 Å². The highest BCUT2D eigenvalue weighted by Gasteiger charge is 2.27. The minimum atomic E-state index is -0.345. The first-order chi connectivity index (χ1) is 9.10. The summed E-state index contributed by atoms with van der Waals surface area (Å²) in [4.78, 5) is 27.8. The molecule has 0 radical (unpaired) electrons. The van der Waals surface area contributed by atoms with E-state index in [0.717, 1.165) is 0 Å². The molecular formula is C12H15ClN2O4. The van der Waals surface area contributed by atoms with E-state index in [-0.39, 0.29) is 24.4 Å². The number of halogens is 1. The predicted octanol–water partition coefficient (Wildman–Crippen LogP) is 1.07. The molecule has 1 N–H and O–H groups in total. The molecule has 104 valence electrons. The maximum atomic E-state index is 12.2. The second-order valence-electron chi connectivity index (χ2n) is 4.26. The highest BCUT2D eigenvalue weighted by Crippen LogP contribution is 2.15. The minimum absolute atomic E-state index is 0.145. The number of carbonyl (C=O) groups is 2. The smallest absolute Gasteiger partial charge is 0.308 e. The molecule has 0 aromatic carbocycles. The van der Waals surface area contributed by atoms with E-state index in [1.165, 1.54) is 7.11 Å². The van der Waals surface area contributed by atoms with Gasteiger partial charge in [-0.2, -0.15) is 0 Å². The molecule has 0 aliphatic carbocycles. The molecule has 1 aromatic heterocycles. The predicted molar refractivity (Wildman–Crippen MR) is 68.1 cm³/mol. The van der Waals surface area contributed by atoms with Gasteiger partial charge in [-0.15, -0.1) is 0 Å². The number of hydrogen-bond donors (Lipinski definition) is 1. The third kappa shape index (κ3) is 3.48. The van der Waals surface area contributed by atoms with E-state index in [9.17, 15) is 9.59 Å². The molecular weight excluding hydrogens is 272 g/mol. The first-order valence-electron chi connectivity index (χ1n) is 5.91. The normalized spacial score (nSPS) is 19.3. The van der Waals surface area contributed by atoms with Gasteiger partial charge in [0.2, 0.25) is 0 Å². The number of morpholine rings is 1. The zero-order chi connectivity index (χ0) is 13.8. The van der Waals surface area contributed by atoms with Gasteiger partial charge >= 0.3 is 5.97 Å². The fourth-order valence-corrected chi connectivity index (χ4v) is 2.12. The minimum Gasteiger partial charge on any atom is -0.469 e. The van der Waals surface area contributed by atoms with Crippen molar-refractivity contribution in [3.05, 3.63) is 23.0 Å². The second-order valence-corrected chi connectivity index (χ2v) is 4.69. The summed E-state index contributed by atoms with van der Waals surface area (Å²) >= 11 is 5.77. The molecule has 1 atom stereocenters. The number of hydrogen-bond acceptors (Lipinski definition) is 4. The molecule has 7 heteroatoms. The van der Waals surface area contributed by atoms with E-state index in [1.54, 1.807) is 17.2 Å². The molecule has 0 spiro atoms. The van der Waals surface area contributed by atoms with Gasteiger partial charge in [0, 0.05) is 19.3 Å². The number of nitrogens with one attached hydrogen (secondary N) is 1. The molecule has 1 amide bonds. The average molecular weight is 287 g/mol. The number of nitrogens with zero attached hydrogens (tertiary/aromatic N) is 1. The average Bonchev–Trinajstić information content (AvgIpc) is 2.84. The van der Waals surface area contributed by atoms with E-state index in [0.29, 0.717) is 30.4 Å². The number of carbonyl (C=O) groups excluding carboxylic acids is 2. The van der Waals surface area contributed by atoms with Gasteiger partial charge in [0.25, 0.3) is 5.91 Å². The molecule has 1 aliphatic heterocycles. The largest absolute Gasteiger partial charge is 0.469 e.